The Morgan fingerprint density at radius 3 is 2.65 bits per heavy atom. The molecule has 0 spiro atoms. The van der Waals surface area contributed by atoms with Gasteiger partial charge in [-0.05, 0) is 26.0 Å². The molecule has 0 aliphatic carbocycles. The predicted octanol–water partition coefficient (Wildman–Crippen LogP) is 4.05. The number of nitrogens with zero attached hydrogens (tertiary/aromatic N) is 3. The quantitative estimate of drug-likeness (QED) is 0.659. The molecule has 0 unspecified atom stereocenters. The first-order chi connectivity index (χ1) is 11.2. The average molecular weight is 327 g/mol. The molecule has 0 atom stereocenters. The van der Waals surface area contributed by atoms with Crippen LogP contribution in [0.15, 0.2) is 46.2 Å². The van der Waals surface area contributed by atoms with Crippen molar-refractivity contribution in [2.75, 3.05) is 7.11 Å². The van der Waals surface area contributed by atoms with Gasteiger partial charge in [0.15, 0.2) is 0 Å². The van der Waals surface area contributed by atoms with Gasteiger partial charge in [-0.15, -0.1) is 10.2 Å². The molecule has 0 aliphatic rings. The minimum atomic E-state index is 0.527. The van der Waals surface area contributed by atoms with Gasteiger partial charge in [0.25, 0.3) is 5.22 Å². The normalized spacial score (nSPS) is 10.7. The van der Waals surface area contributed by atoms with Crippen molar-refractivity contribution in [2.45, 2.75) is 24.8 Å². The summed E-state index contributed by atoms with van der Waals surface area (Å²) in [4.78, 5) is 4.48. The highest BCUT2D eigenvalue weighted by Gasteiger charge is 2.13. The van der Waals surface area contributed by atoms with Crippen LogP contribution in [0.25, 0.3) is 11.5 Å². The lowest BCUT2D eigenvalue weighted by molar-refractivity contribution is 0.407. The number of thioether (sulfide) groups is 1. The fourth-order valence-electron chi connectivity index (χ4n) is 2.31. The summed E-state index contributed by atoms with van der Waals surface area (Å²) in [6, 6.07) is 9.72. The van der Waals surface area contributed by atoms with Crippen molar-refractivity contribution < 1.29 is 9.15 Å². The Morgan fingerprint density at radius 1 is 1.13 bits per heavy atom. The van der Waals surface area contributed by atoms with E-state index in [9.17, 15) is 0 Å². The molecule has 0 saturated heterocycles. The Labute approximate surface area is 139 Å². The maximum atomic E-state index is 5.69. The van der Waals surface area contributed by atoms with Gasteiger partial charge in [-0.25, -0.2) is 0 Å². The minimum Gasteiger partial charge on any atom is -0.496 e. The van der Waals surface area contributed by atoms with E-state index in [1.165, 1.54) is 11.8 Å². The van der Waals surface area contributed by atoms with E-state index in [0.29, 0.717) is 16.9 Å². The molecule has 0 fully saturated rings. The zero-order valence-electron chi connectivity index (χ0n) is 13.2. The number of aryl methyl sites for hydroxylation is 1. The molecule has 118 valence electrons. The second kappa shape index (κ2) is 6.83. The third kappa shape index (κ3) is 3.37. The van der Waals surface area contributed by atoms with Crippen molar-refractivity contribution >= 4 is 11.8 Å². The SMILES string of the molecule is COc1c(C)cnc(CSc2nnc(-c3ccccc3)o2)c1C. The van der Waals surface area contributed by atoms with Crippen LogP contribution in [-0.4, -0.2) is 22.3 Å². The number of benzene rings is 1. The molecule has 0 aliphatic heterocycles. The van der Waals surface area contributed by atoms with Gasteiger partial charge in [0.1, 0.15) is 5.75 Å². The van der Waals surface area contributed by atoms with Crippen LogP contribution in [0.2, 0.25) is 0 Å². The Morgan fingerprint density at radius 2 is 1.91 bits per heavy atom. The smallest absolute Gasteiger partial charge is 0.277 e. The highest BCUT2D eigenvalue weighted by molar-refractivity contribution is 7.98. The van der Waals surface area contributed by atoms with Crippen LogP contribution < -0.4 is 4.74 Å². The Bertz CT molecular complexity index is 803. The van der Waals surface area contributed by atoms with E-state index in [1.807, 2.05) is 50.4 Å². The summed E-state index contributed by atoms with van der Waals surface area (Å²) in [6.45, 7) is 4.00. The topological polar surface area (TPSA) is 61.0 Å². The number of aromatic nitrogens is 3. The van der Waals surface area contributed by atoms with E-state index < -0.39 is 0 Å². The predicted molar refractivity (Wildman–Crippen MR) is 89.6 cm³/mol. The molecule has 3 aromatic rings. The molecule has 1 aromatic carbocycles. The Balaban J connectivity index is 1.74. The first-order valence-corrected chi connectivity index (χ1v) is 8.18. The first kappa shape index (κ1) is 15.6. The van der Waals surface area contributed by atoms with Gasteiger partial charge >= 0.3 is 0 Å². The van der Waals surface area contributed by atoms with E-state index in [0.717, 1.165) is 28.1 Å². The monoisotopic (exact) mass is 327 g/mol. The summed E-state index contributed by atoms with van der Waals surface area (Å²) < 4.78 is 11.1. The molecule has 0 amide bonds. The van der Waals surface area contributed by atoms with Crippen molar-refractivity contribution in [2.24, 2.45) is 0 Å². The summed E-state index contributed by atoms with van der Waals surface area (Å²) in [5.74, 6) is 2.06. The average Bonchev–Trinajstić information content (AvgIpc) is 3.04. The standard InChI is InChI=1S/C17H17N3O2S/c1-11-9-18-14(12(2)15(11)21-3)10-23-17-20-19-16(22-17)13-7-5-4-6-8-13/h4-9H,10H2,1-3H3. The lowest BCUT2D eigenvalue weighted by Crippen LogP contribution is -1.98. The van der Waals surface area contributed by atoms with Crippen LogP contribution in [0.4, 0.5) is 0 Å². The fourth-order valence-corrected chi connectivity index (χ4v) is 3.10. The van der Waals surface area contributed by atoms with Gasteiger partial charge in [0.05, 0.1) is 12.8 Å². The summed E-state index contributed by atoms with van der Waals surface area (Å²) in [5.41, 5.74) is 3.95. The van der Waals surface area contributed by atoms with E-state index in [-0.39, 0.29) is 0 Å². The number of hydrogen-bond donors (Lipinski definition) is 0. The van der Waals surface area contributed by atoms with Gasteiger partial charge in [-0.1, -0.05) is 30.0 Å². The molecule has 23 heavy (non-hydrogen) atoms. The highest BCUT2D eigenvalue weighted by atomic mass is 32.2. The zero-order chi connectivity index (χ0) is 16.2. The molecule has 6 heteroatoms. The summed E-state index contributed by atoms with van der Waals surface area (Å²) >= 11 is 1.47. The van der Waals surface area contributed by atoms with E-state index in [2.05, 4.69) is 15.2 Å². The molecule has 0 radical (unpaired) electrons. The lowest BCUT2D eigenvalue weighted by Gasteiger charge is -2.11. The van der Waals surface area contributed by atoms with E-state index in [4.69, 9.17) is 9.15 Å². The summed E-state index contributed by atoms with van der Waals surface area (Å²) in [6.07, 6.45) is 1.82. The van der Waals surface area contributed by atoms with Crippen LogP contribution in [0, 0.1) is 13.8 Å². The summed E-state index contributed by atoms with van der Waals surface area (Å²) in [7, 11) is 1.68. The number of methoxy groups -OCH3 is 1. The molecule has 2 heterocycles. The lowest BCUT2D eigenvalue weighted by atomic mass is 10.1. The van der Waals surface area contributed by atoms with Crippen LogP contribution in [0.3, 0.4) is 0 Å². The Hall–Kier alpha value is -2.34. The highest BCUT2D eigenvalue weighted by Crippen LogP contribution is 2.29. The van der Waals surface area contributed by atoms with Gasteiger partial charge in [-0.3, -0.25) is 4.98 Å². The molecule has 3 rings (SSSR count). The third-order valence-electron chi connectivity index (χ3n) is 3.51. The molecular weight excluding hydrogens is 310 g/mol. The van der Waals surface area contributed by atoms with Crippen molar-refractivity contribution in [3.05, 3.63) is 53.3 Å². The molecule has 2 aromatic heterocycles. The van der Waals surface area contributed by atoms with Crippen molar-refractivity contribution in [1.82, 2.24) is 15.2 Å². The van der Waals surface area contributed by atoms with Crippen LogP contribution in [0.5, 0.6) is 5.75 Å². The molecule has 0 bridgehead atoms. The van der Waals surface area contributed by atoms with Gasteiger partial charge in [-0.2, -0.15) is 0 Å². The maximum Gasteiger partial charge on any atom is 0.277 e. The second-order valence-corrected chi connectivity index (χ2v) is 6.00. The second-order valence-electron chi connectivity index (χ2n) is 5.07. The van der Waals surface area contributed by atoms with E-state index in [1.54, 1.807) is 7.11 Å². The molecule has 0 saturated carbocycles. The van der Waals surface area contributed by atoms with Crippen LogP contribution >= 0.6 is 11.8 Å². The summed E-state index contributed by atoms with van der Waals surface area (Å²) in [5, 5.41) is 8.70. The number of hydrogen-bond acceptors (Lipinski definition) is 6. The van der Waals surface area contributed by atoms with Crippen molar-refractivity contribution in [3.63, 3.8) is 0 Å². The van der Waals surface area contributed by atoms with Crippen LogP contribution in [0.1, 0.15) is 16.8 Å². The Kier molecular flexibility index (Phi) is 4.62. The van der Waals surface area contributed by atoms with Crippen molar-refractivity contribution in [1.29, 1.82) is 0 Å². The van der Waals surface area contributed by atoms with Crippen molar-refractivity contribution in [3.8, 4) is 17.2 Å². The molecule has 5 nitrogen and oxygen atoms in total. The third-order valence-corrected chi connectivity index (χ3v) is 4.34. The first-order valence-electron chi connectivity index (χ1n) is 7.20. The fraction of sp³-hybridized carbons (Fsp3) is 0.235. The molecule has 0 N–H and O–H groups in total. The molecular formula is C17H17N3O2S. The van der Waals surface area contributed by atoms with Gasteiger partial charge < -0.3 is 9.15 Å². The number of rotatable bonds is 5. The largest absolute Gasteiger partial charge is 0.496 e. The number of ether oxygens (including phenoxy) is 1. The zero-order valence-corrected chi connectivity index (χ0v) is 14.1. The maximum absolute atomic E-state index is 5.69. The van der Waals surface area contributed by atoms with Crippen LogP contribution in [-0.2, 0) is 5.75 Å². The number of pyridine rings is 1. The minimum absolute atomic E-state index is 0.527. The van der Waals surface area contributed by atoms with Gasteiger partial charge in [0.2, 0.25) is 5.89 Å². The van der Waals surface area contributed by atoms with Gasteiger partial charge in [0, 0.05) is 28.6 Å². The van der Waals surface area contributed by atoms with E-state index >= 15 is 0 Å².